The van der Waals surface area contributed by atoms with Gasteiger partial charge in [-0.2, -0.15) is 5.10 Å². The van der Waals surface area contributed by atoms with E-state index >= 15 is 0 Å². The van der Waals surface area contributed by atoms with Crippen molar-refractivity contribution in [2.75, 3.05) is 10.7 Å². The van der Waals surface area contributed by atoms with Gasteiger partial charge in [0.05, 0.1) is 12.0 Å². The lowest BCUT2D eigenvalue weighted by atomic mass is 10.1. The van der Waals surface area contributed by atoms with Crippen LogP contribution in [-0.2, 0) is 4.79 Å². The zero-order valence-electron chi connectivity index (χ0n) is 15.9. The quantitative estimate of drug-likeness (QED) is 0.294. The number of thioether (sulfide) groups is 1. The van der Waals surface area contributed by atoms with Crippen molar-refractivity contribution in [1.82, 2.24) is 5.43 Å². The highest BCUT2D eigenvalue weighted by Crippen LogP contribution is 2.41. The van der Waals surface area contributed by atoms with Crippen LogP contribution < -0.4 is 10.3 Å². The average molecular weight is 527 g/mol. The standard InChI is InChI=1S/C23H18IN3O2S/c24-19-10-6-16(7-11-19)14-25-26-22(29)17-8-12-20(13-9-17)27-21(28)15-30-23(27)18-4-2-1-3-5-18/h1-14,23H,15H2,(H,26,29)/b25-14-/t23-/m0/s1. The third kappa shape index (κ3) is 4.73. The first-order chi connectivity index (χ1) is 14.6. The highest BCUT2D eigenvalue weighted by Gasteiger charge is 2.33. The van der Waals surface area contributed by atoms with E-state index in [1.54, 1.807) is 47.1 Å². The number of hydrogen-bond acceptors (Lipinski definition) is 4. The van der Waals surface area contributed by atoms with Crippen LogP contribution in [0.4, 0.5) is 5.69 Å². The van der Waals surface area contributed by atoms with Crippen molar-refractivity contribution in [3.63, 3.8) is 0 Å². The Bertz CT molecular complexity index is 1070. The number of carbonyl (C=O) groups excluding carboxylic acids is 2. The van der Waals surface area contributed by atoms with Gasteiger partial charge in [-0.3, -0.25) is 14.5 Å². The van der Waals surface area contributed by atoms with E-state index in [2.05, 4.69) is 33.1 Å². The molecule has 1 atom stereocenters. The number of anilines is 1. The predicted molar refractivity (Wildman–Crippen MR) is 130 cm³/mol. The SMILES string of the molecule is O=C(N/N=C\c1ccc(I)cc1)c1ccc(N2C(=O)CS[C@H]2c2ccccc2)cc1. The molecule has 0 spiro atoms. The number of rotatable bonds is 5. The number of hydrazone groups is 1. The minimum absolute atomic E-state index is 0.0584. The van der Waals surface area contributed by atoms with E-state index in [1.807, 2.05) is 54.6 Å². The summed E-state index contributed by atoms with van der Waals surface area (Å²) < 4.78 is 1.14. The lowest BCUT2D eigenvalue weighted by Gasteiger charge is -2.24. The number of halogens is 1. The Hall–Kier alpha value is -2.65. The Morgan fingerprint density at radius 1 is 1.03 bits per heavy atom. The fraction of sp³-hybridized carbons (Fsp3) is 0.0870. The first-order valence-corrected chi connectivity index (χ1v) is 11.4. The summed E-state index contributed by atoms with van der Waals surface area (Å²) in [6.45, 7) is 0. The van der Waals surface area contributed by atoms with Crippen molar-refractivity contribution >= 4 is 58.1 Å². The molecule has 0 radical (unpaired) electrons. The minimum Gasteiger partial charge on any atom is -0.295 e. The molecule has 3 aromatic carbocycles. The van der Waals surface area contributed by atoms with Gasteiger partial charge in [-0.25, -0.2) is 5.43 Å². The first-order valence-electron chi connectivity index (χ1n) is 9.29. The van der Waals surface area contributed by atoms with Gasteiger partial charge in [0.1, 0.15) is 5.37 Å². The second-order valence-corrected chi connectivity index (χ2v) is 8.95. The van der Waals surface area contributed by atoms with E-state index in [0.29, 0.717) is 11.3 Å². The number of nitrogens with zero attached hydrogens (tertiary/aromatic N) is 2. The molecule has 1 saturated heterocycles. The van der Waals surface area contributed by atoms with Gasteiger partial charge in [0, 0.05) is 14.8 Å². The van der Waals surface area contributed by atoms with Gasteiger partial charge >= 0.3 is 0 Å². The van der Waals surface area contributed by atoms with Crippen LogP contribution >= 0.6 is 34.4 Å². The predicted octanol–water partition coefficient (Wildman–Crippen LogP) is 4.83. The van der Waals surface area contributed by atoms with Crippen LogP contribution in [-0.4, -0.2) is 23.8 Å². The van der Waals surface area contributed by atoms with Crippen LogP contribution in [0.5, 0.6) is 0 Å². The number of nitrogens with one attached hydrogen (secondary N) is 1. The second-order valence-electron chi connectivity index (χ2n) is 6.64. The fourth-order valence-corrected chi connectivity index (χ4v) is 4.66. The molecular weight excluding hydrogens is 509 g/mol. The Balaban J connectivity index is 1.44. The minimum atomic E-state index is -0.301. The number of amides is 2. The molecule has 1 aliphatic rings. The Morgan fingerprint density at radius 2 is 1.73 bits per heavy atom. The summed E-state index contributed by atoms with van der Waals surface area (Å²) in [5.74, 6) is 0.202. The Kier molecular flexibility index (Phi) is 6.49. The topological polar surface area (TPSA) is 61.8 Å². The first kappa shape index (κ1) is 20.6. The van der Waals surface area contributed by atoms with Gasteiger partial charge in [-0.05, 0) is 70.1 Å². The third-order valence-electron chi connectivity index (χ3n) is 4.61. The van der Waals surface area contributed by atoms with Gasteiger partial charge in [0.2, 0.25) is 5.91 Å². The zero-order chi connectivity index (χ0) is 20.9. The van der Waals surface area contributed by atoms with Gasteiger partial charge in [-0.15, -0.1) is 11.8 Å². The van der Waals surface area contributed by atoms with Gasteiger partial charge in [0.25, 0.3) is 5.91 Å². The summed E-state index contributed by atoms with van der Waals surface area (Å²) in [7, 11) is 0. The highest BCUT2D eigenvalue weighted by atomic mass is 127. The highest BCUT2D eigenvalue weighted by molar-refractivity contribution is 14.1. The molecule has 0 aliphatic carbocycles. The summed E-state index contributed by atoms with van der Waals surface area (Å²) in [4.78, 5) is 26.6. The van der Waals surface area contributed by atoms with Crippen LogP contribution in [0.2, 0.25) is 0 Å². The maximum atomic E-state index is 12.5. The number of benzene rings is 3. The molecule has 0 unspecified atom stereocenters. The summed E-state index contributed by atoms with van der Waals surface area (Å²) in [6.07, 6.45) is 1.60. The van der Waals surface area contributed by atoms with E-state index in [9.17, 15) is 9.59 Å². The van der Waals surface area contributed by atoms with E-state index in [0.717, 1.165) is 20.4 Å². The zero-order valence-corrected chi connectivity index (χ0v) is 18.8. The number of hydrogen-bond donors (Lipinski definition) is 1. The molecule has 1 heterocycles. The van der Waals surface area contributed by atoms with Crippen molar-refractivity contribution in [1.29, 1.82) is 0 Å². The van der Waals surface area contributed by atoms with Crippen LogP contribution in [0, 0.1) is 3.57 Å². The molecule has 1 aliphatic heterocycles. The van der Waals surface area contributed by atoms with Crippen molar-refractivity contribution in [3.8, 4) is 0 Å². The molecule has 150 valence electrons. The molecule has 0 aromatic heterocycles. The van der Waals surface area contributed by atoms with Crippen molar-refractivity contribution in [3.05, 3.63) is 99.1 Å². The van der Waals surface area contributed by atoms with Crippen molar-refractivity contribution < 1.29 is 9.59 Å². The molecule has 1 fully saturated rings. The van der Waals surface area contributed by atoms with E-state index in [4.69, 9.17) is 0 Å². The van der Waals surface area contributed by atoms with E-state index in [-0.39, 0.29) is 17.2 Å². The molecule has 3 aromatic rings. The summed E-state index contributed by atoms with van der Waals surface area (Å²) in [6, 6.07) is 24.8. The van der Waals surface area contributed by atoms with E-state index < -0.39 is 0 Å². The van der Waals surface area contributed by atoms with Crippen LogP contribution in [0.25, 0.3) is 0 Å². The molecule has 0 saturated carbocycles. The van der Waals surface area contributed by atoms with Gasteiger partial charge < -0.3 is 0 Å². The molecule has 0 bridgehead atoms. The molecule has 7 heteroatoms. The monoisotopic (exact) mass is 527 g/mol. The maximum absolute atomic E-state index is 12.5. The lowest BCUT2D eigenvalue weighted by Crippen LogP contribution is -2.28. The van der Waals surface area contributed by atoms with Gasteiger partial charge in [0.15, 0.2) is 0 Å². The molecule has 1 N–H and O–H groups in total. The summed E-state index contributed by atoms with van der Waals surface area (Å²) in [5.41, 5.74) is 5.78. The Morgan fingerprint density at radius 3 is 2.43 bits per heavy atom. The second kappa shape index (κ2) is 9.44. The molecule has 4 rings (SSSR count). The average Bonchev–Trinajstić information content (AvgIpc) is 3.17. The van der Waals surface area contributed by atoms with Crippen molar-refractivity contribution in [2.45, 2.75) is 5.37 Å². The van der Waals surface area contributed by atoms with Crippen LogP contribution in [0.1, 0.15) is 26.9 Å². The number of carbonyl (C=O) groups is 2. The summed E-state index contributed by atoms with van der Waals surface area (Å²) >= 11 is 3.84. The maximum Gasteiger partial charge on any atom is 0.271 e. The molecular formula is C23H18IN3O2S. The fourth-order valence-electron chi connectivity index (χ4n) is 3.12. The van der Waals surface area contributed by atoms with E-state index in [1.165, 1.54) is 0 Å². The Labute approximate surface area is 192 Å². The largest absolute Gasteiger partial charge is 0.295 e. The lowest BCUT2D eigenvalue weighted by molar-refractivity contribution is -0.115. The van der Waals surface area contributed by atoms with Gasteiger partial charge in [-0.1, -0.05) is 42.5 Å². The molecule has 5 nitrogen and oxygen atoms in total. The van der Waals surface area contributed by atoms with Crippen molar-refractivity contribution in [2.24, 2.45) is 5.10 Å². The van der Waals surface area contributed by atoms with Crippen LogP contribution in [0.15, 0.2) is 84.0 Å². The smallest absolute Gasteiger partial charge is 0.271 e. The molecule has 2 amide bonds. The van der Waals surface area contributed by atoms with Crippen LogP contribution in [0.3, 0.4) is 0 Å². The molecule has 30 heavy (non-hydrogen) atoms. The summed E-state index contributed by atoms with van der Waals surface area (Å²) in [5, 5.41) is 3.96. The third-order valence-corrected chi connectivity index (χ3v) is 6.54. The normalized spacial score (nSPS) is 16.2.